The van der Waals surface area contributed by atoms with Crippen LogP contribution in [0.15, 0.2) is 70.0 Å². The number of phenolic OH excluding ortho intramolecular Hbond substituents is 1. The summed E-state index contributed by atoms with van der Waals surface area (Å²) in [5, 5.41) is 10.1. The second-order valence-electron chi connectivity index (χ2n) is 6.82. The van der Waals surface area contributed by atoms with Crippen LogP contribution in [0.25, 0.3) is 11.0 Å². The predicted octanol–water partition coefficient (Wildman–Crippen LogP) is 4.44. The molecule has 5 rings (SSSR count). The Morgan fingerprint density at radius 1 is 1.07 bits per heavy atom. The van der Waals surface area contributed by atoms with Gasteiger partial charge in [-0.3, -0.25) is 14.5 Å². The standard InChI is InChI=1S/C22H12ClFN2O4/c23-12-3-8-17(25-10-12)26-19(11-1-5-14(27)6-2-11)18-20(28)15-9-13(24)4-7-16(15)30-21(18)22(26)29/h1-10,19,27H. The highest BCUT2D eigenvalue weighted by Crippen LogP contribution is 2.41. The molecule has 0 radical (unpaired) electrons. The molecule has 4 aromatic rings. The number of pyridine rings is 1. The van der Waals surface area contributed by atoms with Crippen molar-refractivity contribution in [2.24, 2.45) is 0 Å². The zero-order chi connectivity index (χ0) is 21.0. The van der Waals surface area contributed by atoms with E-state index in [-0.39, 0.29) is 33.9 Å². The number of aromatic nitrogens is 1. The predicted molar refractivity (Wildman–Crippen MR) is 108 cm³/mol. The van der Waals surface area contributed by atoms with Crippen molar-refractivity contribution in [3.05, 3.63) is 98.7 Å². The maximum atomic E-state index is 13.8. The molecule has 0 saturated carbocycles. The van der Waals surface area contributed by atoms with E-state index in [1.165, 1.54) is 29.3 Å². The number of aromatic hydroxyl groups is 1. The van der Waals surface area contributed by atoms with Crippen LogP contribution in [0.3, 0.4) is 0 Å². The maximum Gasteiger partial charge on any atom is 0.296 e. The molecule has 1 unspecified atom stereocenters. The van der Waals surface area contributed by atoms with Gasteiger partial charge in [-0.05, 0) is 48.0 Å². The lowest BCUT2D eigenvalue weighted by Crippen LogP contribution is -2.30. The second-order valence-corrected chi connectivity index (χ2v) is 7.25. The van der Waals surface area contributed by atoms with Crippen LogP contribution >= 0.6 is 11.6 Å². The van der Waals surface area contributed by atoms with Crippen molar-refractivity contribution >= 4 is 34.3 Å². The van der Waals surface area contributed by atoms with Crippen molar-refractivity contribution in [1.29, 1.82) is 0 Å². The van der Waals surface area contributed by atoms with Crippen molar-refractivity contribution in [2.75, 3.05) is 4.90 Å². The molecule has 148 valence electrons. The van der Waals surface area contributed by atoms with E-state index in [2.05, 4.69) is 4.98 Å². The summed E-state index contributed by atoms with van der Waals surface area (Å²) in [5.74, 6) is -0.970. The van der Waals surface area contributed by atoms with Crippen LogP contribution in [0.4, 0.5) is 10.2 Å². The van der Waals surface area contributed by atoms with Gasteiger partial charge in [0.25, 0.3) is 5.91 Å². The number of nitrogens with zero attached hydrogens (tertiary/aromatic N) is 2. The van der Waals surface area contributed by atoms with Gasteiger partial charge in [0.1, 0.15) is 23.0 Å². The van der Waals surface area contributed by atoms with Gasteiger partial charge in [-0.1, -0.05) is 23.7 Å². The molecule has 0 aliphatic carbocycles. The van der Waals surface area contributed by atoms with Crippen LogP contribution < -0.4 is 10.3 Å². The molecule has 1 aliphatic heterocycles. The fourth-order valence-corrected chi connectivity index (χ4v) is 3.78. The Kier molecular flexibility index (Phi) is 4.08. The molecule has 0 spiro atoms. The van der Waals surface area contributed by atoms with Gasteiger partial charge in [0, 0.05) is 6.20 Å². The van der Waals surface area contributed by atoms with Crippen LogP contribution in [0.5, 0.6) is 5.75 Å². The molecule has 0 fully saturated rings. The minimum Gasteiger partial charge on any atom is -0.508 e. The third-order valence-electron chi connectivity index (χ3n) is 5.00. The minimum atomic E-state index is -0.870. The molecule has 1 amide bonds. The molecular formula is C22H12ClFN2O4. The number of halogens is 2. The van der Waals surface area contributed by atoms with Crippen LogP contribution in [-0.4, -0.2) is 16.0 Å². The Balaban J connectivity index is 1.81. The van der Waals surface area contributed by atoms with Crippen molar-refractivity contribution < 1.29 is 18.7 Å². The largest absolute Gasteiger partial charge is 0.508 e. The Morgan fingerprint density at radius 2 is 1.83 bits per heavy atom. The van der Waals surface area contributed by atoms with Gasteiger partial charge >= 0.3 is 0 Å². The molecule has 2 aromatic carbocycles. The Morgan fingerprint density at radius 3 is 2.53 bits per heavy atom. The number of hydrogen-bond acceptors (Lipinski definition) is 5. The molecule has 30 heavy (non-hydrogen) atoms. The summed E-state index contributed by atoms with van der Waals surface area (Å²) in [6.45, 7) is 0. The van der Waals surface area contributed by atoms with E-state index >= 15 is 0 Å². The third kappa shape index (κ3) is 2.74. The molecule has 6 nitrogen and oxygen atoms in total. The summed E-state index contributed by atoms with van der Waals surface area (Å²) in [6, 6.07) is 11.9. The molecular weight excluding hydrogens is 411 g/mol. The van der Waals surface area contributed by atoms with E-state index in [9.17, 15) is 19.1 Å². The van der Waals surface area contributed by atoms with Gasteiger partial charge in [0.05, 0.1) is 22.0 Å². The molecule has 2 aromatic heterocycles. The van der Waals surface area contributed by atoms with Crippen LogP contribution in [0, 0.1) is 5.82 Å². The smallest absolute Gasteiger partial charge is 0.296 e. The van der Waals surface area contributed by atoms with Crippen LogP contribution in [-0.2, 0) is 0 Å². The van der Waals surface area contributed by atoms with Gasteiger partial charge < -0.3 is 9.52 Å². The quantitative estimate of drug-likeness (QED) is 0.516. The Hall–Kier alpha value is -3.71. The average molecular weight is 423 g/mol. The molecule has 1 N–H and O–H groups in total. The van der Waals surface area contributed by atoms with E-state index < -0.39 is 23.2 Å². The summed E-state index contributed by atoms with van der Waals surface area (Å²) in [4.78, 5) is 32.1. The minimum absolute atomic E-state index is 0.0343. The van der Waals surface area contributed by atoms with Crippen LogP contribution in [0.2, 0.25) is 5.02 Å². The zero-order valence-corrected chi connectivity index (χ0v) is 15.9. The lowest BCUT2D eigenvalue weighted by Gasteiger charge is -2.24. The molecule has 0 bridgehead atoms. The number of phenols is 1. The third-order valence-corrected chi connectivity index (χ3v) is 5.22. The molecule has 3 heterocycles. The maximum absolute atomic E-state index is 13.8. The Bertz CT molecular complexity index is 1370. The number of carbonyl (C=O) groups excluding carboxylic acids is 1. The van der Waals surface area contributed by atoms with E-state index in [0.29, 0.717) is 10.6 Å². The van der Waals surface area contributed by atoms with E-state index in [1.807, 2.05) is 0 Å². The lowest BCUT2D eigenvalue weighted by molar-refractivity contribution is 0.0970. The summed E-state index contributed by atoms with van der Waals surface area (Å²) in [5.41, 5.74) is 0.248. The van der Waals surface area contributed by atoms with Gasteiger partial charge in [-0.15, -0.1) is 0 Å². The highest BCUT2D eigenvalue weighted by Gasteiger charge is 2.44. The number of fused-ring (bicyclic) bond motifs is 2. The first-order chi connectivity index (χ1) is 14.4. The molecule has 1 atom stereocenters. The van der Waals surface area contributed by atoms with Gasteiger partial charge in [-0.25, -0.2) is 9.37 Å². The van der Waals surface area contributed by atoms with E-state index in [1.54, 1.807) is 24.3 Å². The Labute approximate surface area is 173 Å². The number of anilines is 1. The molecule has 8 heteroatoms. The fourth-order valence-electron chi connectivity index (χ4n) is 3.66. The average Bonchev–Trinajstić information content (AvgIpc) is 3.03. The normalized spacial score (nSPS) is 15.6. The monoisotopic (exact) mass is 422 g/mol. The highest BCUT2D eigenvalue weighted by atomic mass is 35.5. The SMILES string of the molecule is O=C1c2oc3ccc(F)cc3c(=O)c2C(c2ccc(O)cc2)N1c1ccc(Cl)cn1. The first-order valence-electron chi connectivity index (χ1n) is 8.94. The topological polar surface area (TPSA) is 83.6 Å². The van der Waals surface area contributed by atoms with Crippen molar-refractivity contribution in [3.8, 4) is 5.75 Å². The second kappa shape index (κ2) is 6.67. The number of rotatable bonds is 2. The number of amides is 1. The lowest BCUT2D eigenvalue weighted by atomic mass is 9.98. The summed E-state index contributed by atoms with van der Waals surface area (Å²) < 4.78 is 19.5. The summed E-state index contributed by atoms with van der Waals surface area (Å²) >= 11 is 5.93. The highest BCUT2D eigenvalue weighted by molar-refractivity contribution is 6.30. The van der Waals surface area contributed by atoms with Gasteiger partial charge in [0.15, 0.2) is 5.43 Å². The van der Waals surface area contributed by atoms with E-state index in [4.69, 9.17) is 16.0 Å². The summed E-state index contributed by atoms with van der Waals surface area (Å²) in [7, 11) is 0. The molecule has 1 aliphatic rings. The van der Waals surface area contributed by atoms with Crippen molar-refractivity contribution in [2.45, 2.75) is 6.04 Å². The molecule has 0 saturated heterocycles. The van der Waals surface area contributed by atoms with Gasteiger partial charge in [-0.2, -0.15) is 0 Å². The summed E-state index contributed by atoms with van der Waals surface area (Å²) in [6.07, 6.45) is 1.39. The first kappa shape index (κ1) is 18.3. The van der Waals surface area contributed by atoms with Gasteiger partial charge in [0.2, 0.25) is 5.76 Å². The first-order valence-corrected chi connectivity index (χ1v) is 9.32. The number of hydrogen-bond donors (Lipinski definition) is 1. The van der Waals surface area contributed by atoms with Crippen molar-refractivity contribution in [3.63, 3.8) is 0 Å². The fraction of sp³-hybridized carbons (Fsp3) is 0.0455. The van der Waals surface area contributed by atoms with Crippen molar-refractivity contribution in [1.82, 2.24) is 4.98 Å². The zero-order valence-electron chi connectivity index (χ0n) is 15.2. The number of carbonyl (C=O) groups is 1. The number of benzene rings is 2. The van der Waals surface area contributed by atoms with Crippen LogP contribution in [0.1, 0.15) is 27.7 Å². The van der Waals surface area contributed by atoms with E-state index in [0.717, 1.165) is 12.1 Å².